The molecule has 0 aromatic carbocycles. The normalized spacial score (nSPS) is 32.2. The van der Waals surface area contributed by atoms with Crippen molar-refractivity contribution in [2.45, 2.75) is 38.3 Å². The molecule has 0 saturated heterocycles. The van der Waals surface area contributed by atoms with Crippen LogP contribution in [0.25, 0.3) is 0 Å². The third-order valence-corrected chi connectivity index (χ3v) is 2.61. The van der Waals surface area contributed by atoms with Gasteiger partial charge in [-0.2, -0.15) is 0 Å². The second kappa shape index (κ2) is 4.80. The van der Waals surface area contributed by atoms with Gasteiger partial charge in [-0.3, -0.25) is 0 Å². The molecule has 0 bridgehead atoms. The van der Waals surface area contributed by atoms with Crippen LogP contribution in [-0.4, -0.2) is 30.3 Å². The molecule has 1 aliphatic rings. The van der Waals surface area contributed by atoms with E-state index in [-0.39, 0.29) is 12.6 Å². The molecule has 12 heavy (non-hydrogen) atoms. The molecule has 1 rings (SSSR count). The van der Waals surface area contributed by atoms with E-state index in [0.717, 1.165) is 18.9 Å². The molecule has 0 heterocycles. The summed E-state index contributed by atoms with van der Waals surface area (Å²) in [5, 5.41) is 12.1. The predicted octanol–water partition coefficient (Wildman–Crippen LogP) is 0.0842. The van der Waals surface area contributed by atoms with Crippen LogP contribution in [0.3, 0.4) is 0 Å². The van der Waals surface area contributed by atoms with Crippen molar-refractivity contribution < 1.29 is 5.11 Å². The molecule has 3 nitrogen and oxygen atoms in total. The number of hydrogen-bond acceptors (Lipinski definition) is 3. The minimum absolute atomic E-state index is 0.221. The zero-order chi connectivity index (χ0) is 8.97. The van der Waals surface area contributed by atoms with Gasteiger partial charge in [-0.05, 0) is 38.6 Å². The first-order valence-corrected chi connectivity index (χ1v) is 4.82. The van der Waals surface area contributed by atoms with Crippen molar-refractivity contribution >= 4 is 0 Å². The van der Waals surface area contributed by atoms with Gasteiger partial charge in [0, 0.05) is 12.1 Å². The van der Waals surface area contributed by atoms with E-state index in [1.807, 2.05) is 6.92 Å². The molecule has 0 aromatic heterocycles. The number of nitrogens with one attached hydrogen (secondary N) is 1. The van der Waals surface area contributed by atoms with E-state index in [4.69, 9.17) is 10.8 Å². The number of rotatable bonds is 4. The largest absolute Gasteiger partial charge is 0.395 e. The second-order valence-corrected chi connectivity index (χ2v) is 3.93. The van der Waals surface area contributed by atoms with E-state index >= 15 is 0 Å². The van der Waals surface area contributed by atoms with Crippen LogP contribution in [0.2, 0.25) is 0 Å². The standard InChI is InChI=1S/C9H20N2O/c1-7(6-12)11-5-8-2-3-9(10)4-8/h7-9,11-12H,2-6,10H2,1H3/t7?,8-,9+/m1/s1. The van der Waals surface area contributed by atoms with Crippen LogP contribution in [0.1, 0.15) is 26.2 Å². The van der Waals surface area contributed by atoms with Gasteiger partial charge in [-0.25, -0.2) is 0 Å². The van der Waals surface area contributed by atoms with Crippen LogP contribution in [0.4, 0.5) is 0 Å². The van der Waals surface area contributed by atoms with Gasteiger partial charge >= 0.3 is 0 Å². The molecule has 0 radical (unpaired) electrons. The summed E-state index contributed by atoms with van der Waals surface area (Å²) in [5.41, 5.74) is 5.79. The van der Waals surface area contributed by atoms with Crippen molar-refractivity contribution in [1.82, 2.24) is 5.32 Å². The molecule has 3 heteroatoms. The van der Waals surface area contributed by atoms with E-state index in [1.165, 1.54) is 12.8 Å². The first-order chi connectivity index (χ1) is 5.72. The van der Waals surface area contributed by atoms with E-state index in [0.29, 0.717) is 6.04 Å². The molecule has 0 spiro atoms. The minimum atomic E-state index is 0.221. The van der Waals surface area contributed by atoms with Crippen LogP contribution >= 0.6 is 0 Å². The van der Waals surface area contributed by atoms with Crippen LogP contribution in [-0.2, 0) is 0 Å². The summed E-state index contributed by atoms with van der Waals surface area (Å²) in [5.74, 6) is 0.731. The Hall–Kier alpha value is -0.120. The Labute approximate surface area is 74.3 Å². The highest BCUT2D eigenvalue weighted by atomic mass is 16.3. The van der Waals surface area contributed by atoms with Gasteiger partial charge in [0.05, 0.1) is 6.61 Å². The molecule has 4 N–H and O–H groups in total. The molecular formula is C9H20N2O. The maximum atomic E-state index is 8.77. The van der Waals surface area contributed by atoms with Crippen molar-refractivity contribution in [3.05, 3.63) is 0 Å². The predicted molar refractivity (Wildman–Crippen MR) is 49.9 cm³/mol. The number of aliphatic hydroxyl groups excluding tert-OH is 1. The first-order valence-electron chi connectivity index (χ1n) is 4.82. The zero-order valence-corrected chi connectivity index (χ0v) is 7.79. The molecule has 0 aliphatic heterocycles. The van der Waals surface area contributed by atoms with Gasteiger partial charge in [0.2, 0.25) is 0 Å². The molecule has 1 unspecified atom stereocenters. The van der Waals surface area contributed by atoms with Crippen LogP contribution in [0.15, 0.2) is 0 Å². The molecule has 0 amide bonds. The lowest BCUT2D eigenvalue weighted by molar-refractivity contribution is 0.246. The summed E-state index contributed by atoms with van der Waals surface area (Å²) >= 11 is 0. The van der Waals surface area contributed by atoms with E-state index < -0.39 is 0 Å². The Kier molecular flexibility index (Phi) is 3.98. The molecule has 3 atom stereocenters. The third-order valence-electron chi connectivity index (χ3n) is 2.61. The van der Waals surface area contributed by atoms with Crippen molar-refractivity contribution in [1.29, 1.82) is 0 Å². The highest BCUT2D eigenvalue weighted by Crippen LogP contribution is 2.23. The minimum Gasteiger partial charge on any atom is -0.395 e. The average Bonchev–Trinajstić information content (AvgIpc) is 2.47. The molecule has 1 saturated carbocycles. The summed E-state index contributed by atoms with van der Waals surface area (Å²) in [4.78, 5) is 0. The maximum absolute atomic E-state index is 8.77. The van der Waals surface area contributed by atoms with Crippen LogP contribution < -0.4 is 11.1 Å². The quantitative estimate of drug-likeness (QED) is 0.563. The molecular weight excluding hydrogens is 152 g/mol. The fourth-order valence-corrected chi connectivity index (χ4v) is 1.73. The second-order valence-electron chi connectivity index (χ2n) is 3.93. The van der Waals surface area contributed by atoms with Gasteiger partial charge in [-0.15, -0.1) is 0 Å². The Balaban J connectivity index is 2.07. The lowest BCUT2D eigenvalue weighted by Crippen LogP contribution is -2.33. The van der Waals surface area contributed by atoms with Gasteiger partial charge in [0.15, 0.2) is 0 Å². The van der Waals surface area contributed by atoms with Gasteiger partial charge in [0.25, 0.3) is 0 Å². The third kappa shape index (κ3) is 3.09. The van der Waals surface area contributed by atoms with Crippen LogP contribution in [0, 0.1) is 5.92 Å². The molecule has 1 fully saturated rings. The molecule has 1 aliphatic carbocycles. The summed E-state index contributed by atoms with van der Waals surface area (Å²) in [6, 6.07) is 0.642. The number of hydrogen-bond donors (Lipinski definition) is 3. The van der Waals surface area contributed by atoms with Crippen molar-refractivity contribution in [3.63, 3.8) is 0 Å². The lowest BCUT2D eigenvalue weighted by atomic mass is 10.1. The van der Waals surface area contributed by atoms with Crippen molar-refractivity contribution in [2.24, 2.45) is 11.7 Å². The Morgan fingerprint density at radius 2 is 2.33 bits per heavy atom. The molecule has 0 aromatic rings. The summed E-state index contributed by atoms with van der Waals surface area (Å²) in [7, 11) is 0. The van der Waals surface area contributed by atoms with E-state index in [2.05, 4.69) is 5.32 Å². The summed E-state index contributed by atoms with van der Waals surface area (Å²) < 4.78 is 0. The fourth-order valence-electron chi connectivity index (χ4n) is 1.73. The van der Waals surface area contributed by atoms with Gasteiger partial charge in [0.1, 0.15) is 0 Å². The van der Waals surface area contributed by atoms with Crippen LogP contribution in [0.5, 0.6) is 0 Å². The summed E-state index contributed by atoms with van der Waals surface area (Å²) in [6.45, 7) is 3.23. The Morgan fingerprint density at radius 1 is 1.58 bits per heavy atom. The fraction of sp³-hybridized carbons (Fsp3) is 1.00. The van der Waals surface area contributed by atoms with Crippen molar-refractivity contribution in [2.75, 3.05) is 13.2 Å². The number of nitrogens with two attached hydrogens (primary N) is 1. The van der Waals surface area contributed by atoms with E-state index in [9.17, 15) is 0 Å². The smallest absolute Gasteiger partial charge is 0.0581 e. The monoisotopic (exact) mass is 172 g/mol. The van der Waals surface area contributed by atoms with E-state index in [1.54, 1.807) is 0 Å². The molecule has 72 valence electrons. The number of aliphatic hydroxyl groups is 1. The topological polar surface area (TPSA) is 58.3 Å². The Bertz CT molecular complexity index is 130. The lowest BCUT2D eigenvalue weighted by Gasteiger charge is -2.14. The first kappa shape index (κ1) is 9.96. The highest BCUT2D eigenvalue weighted by Gasteiger charge is 2.21. The SMILES string of the molecule is CC(CO)NC[C@@H]1CC[C@H](N)C1. The van der Waals surface area contributed by atoms with Crippen molar-refractivity contribution in [3.8, 4) is 0 Å². The zero-order valence-electron chi connectivity index (χ0n) is 7.79. The van der Waals surface area contributed by atoms with Gasteiger partial charge < -0.3 is 16.2 Å². The Morgan fingerprint density at radius 3 is 2.83 bits per heavy atom. The maximum Gasteiger partial charge on any atom is 0.0581 e. The summed E-state index contributed by atoms with van der Waals surface area (Å²) in [6.07, 6.45) is 3.55. The average molecular weight is 172 g/mol. The highest BCUT2D eigenvalue weighted by molar-refractivity contribution is 4.79. The van der Waals surface area contributed by atoms with Gasteiger partial charge in [-0.1, -0.05) is 0 Å².